The van der Waals surface area contributed by atoms with Gasteiger partial charge in [0.1, 0.15) is 5.69 Å². The van der Waals surface area contributed by atoms with Gasteiger partial charge in [-0.1, -0.05) is 40.2 Å². The maximum atomic E-state index is 12.2. The van der Waals surface area contributed by atoms with E-state index in [9.17, 15) is 4.79 Å². The minimum absolute atomic E-state index is 0.111. The fourth-order valence-corrected chi connectivity index (χ4v) is 2.52. The third-order valence-electron chi connectivity index (χ3n) is 2.81. The van der Waals surface area contributed by atoms with Crippen LogP contribution in [0.3, 0.4) is 0 Å². The van der Waals surface area contributed by atoms with Gasteiger partial charge in [-0.25, -0.2) is 0 Å². The Morgan fingerprint density at radius 3 is 2.94 bits per heavy atom. The van der Waals surface area contributed by atoms with Gasteiger partial charge >= 0.3 is 0 Å². The Morgan fingerprint density at radius 1 is 1.39 bits per heavy atom. The predicted octanol–water partition coefficient (Wildman–Crippen LogP) is 3.14. The highest BCUT2D eigenvalue weighted by atomic mass is 79.9. The van der Waals surface area contributed by atoms with Crippen LogP contribution in [0.1, 0.15) is 23.8 Å². The second-order valence-corrected chi connectivity index (χ2v) is 5.03. The van der Waals surface area contributed by atoms with E-state index in [4.69, 9.17) is 0 Å². The Labute approximate surface area is 115 Å². The number of benzene rings is 1. The van der Waals surface area contributed by atoms with Crippen LogP contribution in [-0.4, -0.2) is 22.3 Å². The van der Waals surface area contributed by atoms with Crippen LogP contribution in [0, 0.1) is 0 Å². The Hall–Kier alpha value is -1.42. The van der Waals surface area contributed by atoms with Crippen molar-refractivity contribution in [1.82, 2.24) is 10.3 Å². The van der Waals surface area contributed by atoms with Crippen molar-refractivity contribution in [2.45, 2.75) is 19.4 Å². The van der Waals surface area contributed by atoms with Gasteiger partial charge in [-0.05, 0) is 24.8 Å². The van der Waals surface area contributed by atoms with Crippen LogP contribution >= 0.6 is 15.9 Å². The highest BCUT2D eigenvalue weighted by molar-refractivity contribution is 9.09. The minimum Gasteiger partial charge on any atom is -0.348 e. The number of hydrogen-bond acceptors (Lipinski definition) is 2. The van der Waals surface area contributed by atoms with Gasteiger partial charge in [-0.3, -0.25) is 9.78 Å². The molecule has 1 amide bonds. The molecule has 0 radical (unpaired) electrons. The molecule has 3 nitrogen and oxygen atoms in total. The first-order valence-corrected chi connectivity index (χ1v) is 7.05. The maximum Gasteiger partial charge on any atom is 0.270 e. The number of aromatic nitrogens is 1. The topological polar surface area (TPSA) is 42.0 Å². The Bertz CT molecular complexity index is 551. The van der Waals surface area contributed by atoms with Crippen LogP contribution in [0.15, 0.2) is 36.5 Å². The van der Waals surface area contributed by atoms with E-state index in [1.807, 2.05) is 37.3 Å². The molecule has 0 bridgehead atoms. The molecule has 1 aromatic carbocycles. The molecule has 0 fully saturated rings. The highest BCUT2D eigenvalue weighted by Crippen LogP contribution is 2.16. The molecule has 0 aliphatic heterocycles. The summed E-state index contributed by atoms with van der Waals surface area (Å²) in [7, 11) is 0. The molecule has 1 atom stereocenters. The van der Waals surface area contributed by atoms with Crippen LogP contribution in [-0.2, 0) is 0 Å². The van der Waals surface area contributed by atoms with Crippen molar-refractivity contribution in [1.29, 1.82) is 0 Å². The molecule has 1 heterocycles. The normalized spacial score (nSPS) is 12.3. The van der Waals surface area contributed by atoms with Gasteiger partial charge in [0, 0.05) is 23.0 Å². The SMILES string of the molecule is CC(CCBr)NC(=O)c1nccc2ccccc12. The molecular weight excluding hydrogens is 292 g/mol. The zero-order chi connectivity index (χ0) is 13.0. The summed E-state index contributed by atoms with van der Waals surface area (Å²) in [4.78, 5) is 16.4. The number of carbonyl (C=O) groups is 1. The van der Waals surface area contributed by atoms with Crippen molar-refractivity contribution in [3.63, 3.8) is 0 Å². The number of hydrogen-bond donors (Lipinski definition) is 1. The molecule has 0 saturated heterocycles. The molecule has 1 unspecified atom stereocenters. The zero-order valence-corrected chi connectivity index (χ0v) is 11.8. The van der Waals surface area contributed by atoms with Crippen molar-refractivity contribution in [2.24, 2.45) is 0 Å². The lowest BCUT2D eigenvalue weighted by atomic mass is 10.1. The van der Waals surface area contributed by atoms with Gasteiger partial charge in [-0.2, -0.15) is 0 Å². The number of nitrogens with zero attached hydrogens (tertiary/aromatic N) is 1. The van der Waals surface area contributed by atoms with E-state index in [2.05, 4.69) is 26.2 Å². The molecule has 0 saturated carbocycles. The first kappa shape index (κ1) is 13.0. The molecule has 1 N–H and O–H groups in total. The highest BCUT2D eigenvalue weighted by Gasteiger charge is 2.13. The molecule has 0 aliphatic rings. The first-order chi connectivity index (χ1) is 8.72. The number of fused-ring (bicyclic) bond motifs is 1. The summed E-state index contributed by atoms with van der Waals surface area (Å²) < 4.78 is 0. The first-order valence-electron chi connectivity index (χ1n) is 5.93. The number of alkyl halides is 1. The smallest absolute Gasteiger partial charge is 0.270 e. The summed E-state index contributed by atoms with van der Waals surface area (Å²) in [5.41, 5.74) is 0.495. The Balaban J connectivity index is 2.28. The number of carbonyl (C=O) groups excluding carboxylic acids is 1. The van der Waals surface area contributed by atoms with E-state index < -0.39 is 0 Å². The van der Waals surface area contributed by atoms with Crippen LogP contribution in [0.2, 0.25) is 0 Å². The van der Waals surface area contributed by atoms with Gasteiger partial charge < -0.3 is 5.32 Å². The lowest BCUT2D eigenvalue weighted by Crippen LogP contribution is -2.33. The molecule has 0 aliphatic carbocycles. The van der Waals surface area contributed by atoms with Crippen molar-refractivity contribution in [3.05, 3.63) is 42.2 Å². The molecule has 4 heteroatoms. The average molecular weight is 307 g/mol. The maximum absolute atomic E-state index is 12.2. The van der Waals surface area contributed by atoms with Gasteiger partial charge in [-0.15, -0.1) is 0 Å². The standard InChI is InChI=1S/C14H15BrN2O/c1-10(6-8-15)17-14(18)13-12-5-3-2-4-11(12)7-9-16-13/h2-5,7,9-10H,6,8H2,1H3,(H,17,18). The second kappa shape index (κ2) is 5.96. The lowest BCUT2D eigenvalue weighted by molar-refractivity contribution is 0.0936. The van der Waals surface area contributed by atoms with E-state index in [1.54, 1.807) is 6.20 Å². The summed E-state index contributed by atoms with van der Waals surface area (Å²) >= 11 is 3.37. The lowest BCUT2D eigenvalue weighted by Gasteiger charge is -2.12. The van der Waals surface area contributed by atoms with E-state index in [0.29, 0.717) is 5.69 Å². The van der Waals surface area contributed by atoms with Crippen LogP contribution in [0.4, 0.5) is 0 Å². The summed E-state index contributed by atoms with van der Waals surface area (Å²) in [5, 5.41) is 5.76. The van der Waals surface area contributed by atoms with E-state index in [1.165, 1.54) is 0 Å². The largest absolute Gasteiger partial charge is 0.348 e. The van der Waals surface area contributed by atoms with Crippen molar-refractivity contribution >= 4 is 32.6 Å². The van der Waals surface area contributed by atoms with Crippen LogP contribution < -0.4 is 5.32 Å². The molecule has 18 heavy (non-hydrogen) atoms. The van der Waals surface area contributed by atoms with Crippen LogP contribution in [0.5, 0.6) is 0 Å². The number of rotatable bonds is 4. The van der Waals surface area contributed by atoms with Gasteiger partial charge in [0.05, 0.1) is 0 Å². The zero-order valence-electron chi connectivity index (χ0n) is 10.2. The molecule has 1 aromatic heterocycles. The number of amides is 1. The fourth-order valence-electron chi connectivity index (χ4n) is 1.83. The predicted molar refractivity (Wildman–Crippen MR) is 77.1 cm³/mol. The molecular formula is C14H15BrN2O. The summed E-state index contributed by atoms with van der Waals surface area (Å²) in [5.74, 6) is -0.111. The van der Waals surface area contributed by atoms with Crippen molar-refractivity contribution in [3.8, 4) is 0 Å². The van der Waals surface area contributed by atoms with E-state index in [0.717, 1.165) is 22.5 Å². The molecule has 2 aromatic rings. The van der Waals surface area contributed by atoms with Gasteiger partial charge in [0.2, 0.25) is 0 Å². The third-order valence-corrected chi connectivity index (χ3v) is 3.27. The number of pyridine rings is 1. The summed E-state index contributed by atoms with van der Waals surface area (Å²) in [6.45, 7) is 1.99. The van der Waals surface area contributed by atoms with Crippen LogP contribution in [0.25, 0.3) is 10.8 Å². The Kier molecular flexibility index (Phi) is 4.31. The third kappa shape index (κ3) is 2.88. The monoisotopic (exact) mass is 306 g/mol. The molecule has 94 valence electrons. The number of nitrogens with one attached hydrogen (secondary N) is 1. The summed E-state index contributed by atoms with van der Waals surface area (Å²) in [6.07, 6.45) is 2.57. The van der Waals surface area contributed by atoms with E-state index >= 15 is 0 Å². The summed E-state index contributed by atoms with van der Waals surface area (Å²) in [6, 6.07) is 9.83. The van der Waals surface area contributed by atoms with Gasteiger partial charge in [0.15, 0.2) is 0 Å². The van der Waals surface area contributed by atoms with Crippen molar-refractivity contribution in [2.75, 3.05) is 5.33 Å². The molecule has 2 rings (SSSR count). The minimum atomic E-state index is -0.111. The second-order valence-electron chi connectivity index (χ2n) is 4.23. The average Bonchev–Trinajstić information content (AvgIpc) is 2.38. The van der Waals surface area contributed by atoms with Crippen molar-refractivity contribution < 1.29 is 4.79 Å². The van der Waals surface area contributed by atoms with Gasteiger partial charge in [0.25, 0.3) is 5.91 Å². The Morgan fingerprint density at radius 2 is 2.17 bits per heavy atom. The number of halogens is 1. The fraction of sp³-hybridized carbons (Fsp3) is 0.286. The quantitative estimate of drug-likeness (QED) is 0.882. The van der Waals surface area contributed by atoms with E-state index in [-0.39, 0.29) is 11.9 Å². The molecule has 0 spiro atoms.